The third kappa shape index (κ3) is 5.35. The van der Waals surface area contributed by atoms with Crippen molar-refractivity contribution in [2.24, 2.45) is 5.92 Å². The first-order valence-corrected chi connectivity index (χ1v) is 12.6. The van der Waals surface area contributed by atoms with E-state index in [1.807, 2.05) is 18.6 Å². The molecule has 2 aromatic carbocycles. The van der Waals surface area contributed by atoms with Crippen molar-refractivity contribution in [1.29, 1.82) is 0 Å². The molecule has 1 atom stereocenters. The van der Waals surface area contributed by atoms with Crippen LogP contribution in [0, 0.1) is 5.92 Å². The first-order chi connectivity index (χ1) is 16.2. The fraction of sp³-hybridized carbons (Fsp3) is 0.417. The number of nitrogens with zero attached hydrogens (tertiary/aromatic N) is 1. The molecule has 1 saturated carbocycles. The number of nitrogens with one attached hydrogen (secondary N) is 1. The Morgan fingerprint density at radius 2 is 1.69 bits per heavy atom. The van der Waals surface area contributed by atoms with Gasteiger partial charge in [-0.1, -0.05) is 44.2 Å². The molecule has 1 heterocycles. The van der Waals surface area contributed by atoms with E-state index in [-0.39, 0.29) is 28.0 Å². The number of rotatable bonds is 7. The molecule has 1 N–H and O–H groups in total. The molecular formula is C24H24F6N2O2S. The number of alkyl halides is 6. The van der Waals surface area contributed by atoms with E-state index in [1.165, 1.54) is 42.6 Å². The van der Waals surface area contributed by atoms with Crippen molar-refractivity contribution in [3.05, 3.63) is 59.8 Å². The summed E-state index contributed by atoms with van der Waals surface area (Å²) in [5.41, 5.74) is -0.743. The molecule has 35 heavy (non-hydrogen) atoms. The van der Waals surface area contributed by atoms with Gasteiger partial charge < -0.3 is 4.57 Å². The van der Waals surface area contributed by atoms with Crippen LogP contribution in [0.4, 0.5) is 26.3 Å². The second-order valence-corrected chi connectivity index (χ2v) is 11.2. The Morgan fingerprint density at radius 3 is 2.26 bits per heavy atom. The normalized spacial score (nSPS) is 16.3. The highest BCUT2D eigenvalue weighted by atomic mass is 32.2. The lowest BCUT2D eigenvalue weighted by Gasteiger charge is -2.21. The van der Waals surface area contributed by atoms with Crippen LogP contribution < -0.4 is 4.72 Å². The van der Waals surface area contributed by atoms with Crippen molar-refractivity contribution in [3.8, 4) is 11.1 Å². The van der Waals surface area contributed by atoms with Gasteiger partial charge >= 0.3 is 12.4 Å². The number of sulfonamides is 1. The Hall–Kier alpha value is -2.53. The van der Waals surface area contributed by atoms with E-state index in [0.29, 0.717) is 24.9 Å². The lowest BCUT2D eigenvalue weighted by Crippen LogP contribution is -2.39. The molecule has 1 unspecified atom stereocenters. The zero-order chi connectivity index (χ0) is 25.8. The van der Waals surface area contributed by atoms with Gasteiger partial charge in [0.15, 0.2) is 0 Å². The van der Waals surface area contributed by atoms with Crippen molar-refractivity contribution in [3.63, 3.8) is 0 Å². The van der Waals surface area contributed by atoms with Crippen molar-refractivity contribution in [1.82, 2.24) is 9.29 Å². The van der Waals surface area contributed by atoms with Crippen LogP contribution in [-0.2, 0) is 22.7 Å². The van der Waals surface area contributed by atoms with Gasteiger partial charge in [0.1, 0.15) is 6.04 Å². The van der Waals surface area contributed by atoms with E-state index in [9.17, 15) is 34.8 Å². The SMILES string of the molecule is CC(C)Cn1cc(C(NS(=O)(=O)C2CC2)C(F)(F)F)c2ccc(-c3ccccc3C(F)(F)F)cc21. The maximum Gasteiger partial charge on any atom is 0.417 e. The number of hydrogen-bond donors (Lipinski definition) is 1. The number of hydrogen-bond acceptors (Lipinski definition) is 2. The quantitative estimate of drug-likeness (QED) is 0.355. The maximum absolute atomic E-state index is 14.1. The first kappa shape index (κ1) is 25.6. The van der Waals surface area contributed by atoms with Crippen LogP contribution in [0.5, 0.6) is 0 Å². The van der Waals surface area contributed by atoms with Gasteiger partial charge in [-0.2, -0.15) is 31.1 Å². The van der Waals surface area contributed by atoms with Gasteiger partial charge in [-0.3, -0.25) is 0 Å². The molecule has 0 amide bonds. The summed E-state index contributed by atoms with van der Waals surface area (Å²) in [6, 6.07) is 6.59. The molecule has 0 saturated heterocycles. The second kappa shape index (κ2) is 8.85. The molecule has 1 aliphatic carbocycles. The molecule has 4 nitrogen and oxygen atoms in total. The molecule has 0 spiro atoms. The number of fused-ring (bicyclic) bond motifs is 1. The van der Waals surface area contributed by atoms with Gasteiger partial charge in [-0.25, -0.2) is 8.42 Å². The van der Waals surface area contributed by atoms with Gasteiger partial charge in [0, 0.05) is 29.2 Å². The molecule has 1 aliphatic rings. The highest BCUT2D eigenvalue weighted by Crippen LogP contribution is 2.42. The molecular weight excluding hydrogens is 494 g/mol. The fourth-order valence-electron chi connectivity index (χ4n) is 4.19. The van der Waals surface area contributed by atoms with Crippen LogP contribution in [0.3, 0.4) is 0 Å². The standard InChI is InChI=1S/C24H24F6N2O2S/c1-14(2)12-32-13-19(22(24(28,29)30)31-35(33,34)16-8-9-16)18-10-7-15(11-21(18)32)17-5-3-4-6-20(17)23(25,26)27/h3-7,10-11,13-14,16,22,31H,8-9,12H2,1-2H3. The van der Waals surface area contributed by atoms with Crippen LogP contribution in [0.1, 0.15) is 43.9 Å². The van der Waals surface area contributed by atoms with E-state index in [1.54, 1.807) is 4.57 Å². The molecule has 1 aromatic heterocycles. The third-order valence-electron chi connectivity index (χ3n) is 5.90. The number of aromatic nitrogens is 1. The minimum atomic E-state index is -4.92. The second-order valence-electron chi connectivity index (χ2n) is 9.24. The Balaban J connectivity index is 1.89. The van der Waals surface area contributed by atoms with Crippen LogP contribution >= 0.6 is 0 Å². The van der Waals surface area contributed by atoms with Crippen LogP contribution in [0.2, 0.25) is 0 Å². The van der Waals surface area contributed by atoms with Crippen molar-refractivity contribution < 1.29 is 34.8 Å². The highest BCUT2D eigenvalue weighted by Gasteiger charge is 2.47. The monoisotopic (exact) mass is 518 g/mol. The average Bonchev–Trinajstić information content (AvgIpc) is 3.55. The fourth-order valence-corrected chi connectivity index (χ4v) is 5.73. The van der Waals surface area contributed by atoms with E-state index in [2.05, 4.69) is 0 Å². The first-order valence-electron chi connectivity index (χ1n) is 11.1. The number of halogens is 6. The summed E-state index contributed by atoms with van der Waals surface area (Å²) in [5.74, 6) is 0.0112. The Kier molecular flexibility index (Phi) is 6.46. The molecule has 3 aromatic rings. The molecule has 0 bridgehead atoms. The van der Waals surface area contributed by atoms with E-state index in [4.69, 9.17) is 0 Å². The topological polar surface area (TPSA) is 51.1 Å². The highest BCUT2D eigenvalue weighted by molar-refractivity contribution is 7.90. The Morgan fingerprint density at radius 1 is 1.03 bits per heavy atom. The summed E-state index contributed by atoms with van der Waals surface area (Å²) in [6.45, 7) is 4.00. The summed E-state index contributed by atoms with van der Waals surface area (Å²) in [6.07, 6.45) is -7.68. The lowest BCUT2D eigenvalue weighted by atomic mass is 9.97. The van der Waals surface area contributed by atoms with Crippen molar-refractivity contribution in [2.45, 2.75) is 56.9 Å². The third-order valence-corrected chi connectivity index (χ3v) is 7.82. The van der Waals surface area contributed by atoms with Crippen LogP contribution in [-0.4, -0.2) is 24.4 Å². The van der Waals surface area contributed by atoms with Crippen LogP contribution in [0.25, 0.3) is 22.0 Å². The van der Waals surface area contributed by atoms with Gasteiger partial charge in [-0.15, -0.1) is 0 Å². The van der Waals surface area contributed by atoms with Gasteiger partial charge in [0.25, 0.3) is 0 Å². The molecule has 4 rings (SSSR count). The van der Waals surface area contributed by atoms with E-state index in [0.717, 1.165) is 6.07 Å². The maximum atomic E-state index is 14.1. The molecule has 11 heteroatoms. The van der Waals surface area contributed by atoms with Gasteiger partial charge in [0.2, 0.25) is 10.0 Å². The van der Waals surface area contributed by atoms with Gasteiger partial charge in [-0.05, 0) is 42.0 Å². The van der Waals surface area contributed by atoms with Crippen LogP contribution in [0.15, 0.2) is 48.7 Å². The predicted molar refractivity (Wildman–Crippen MR) is 121 cm³/mol. The smallest absolute Gasteiger partial charge is 0.347 e. The zero-order valence-electron chi connectivity index (χ0n) is 18.9. The summed E-state index contributed by atoms with van der Waals surface area (Å²) < 4.78 is 111. The summed E-state index contributed by atoms with van der Waals surface area (Å²) in [4.78, 5) is 0. The van der Waals surface area contributed by atoms with E-state index < -0.39 is 39.2 Å². The molecule has 0 aliphatic heterocycles. The molecule has 190 valence electrons. The van der Waals surface area contributed by atoms with Crippen molar-refractivity contribution in [2.75, 3.05) is 0 Å². The minimum absolute atomic E-state index is 0.0112. The minimum Gasteiger partial charge on any atom is -0.347 e. The Bertz CT molecular complexity index is 1340. The summed E-state index contributed by atoms with van der Waals surface area (Å²) in [5, 5.41) is -0.721. The Labute approximate surface area is 199 Å². The molecule has 1 fully saturated rings. The predicted octanol–water partition coefficient (Wildman–Crippen LogP) is 6.67. The summed E-state index contributed by atoms with van der Waals surface area (Å²) in [7, 11) is -4.18. The largest absolute Gasteiger partial charge is 0.417 e. The zero-order valence-corrected chi connectivity index (χ0v) is 19.7. The van der Waals surface area contributed by atoms with E-state index >= 15 is 0 Å². The molecule has 0 radical (unpaired) electrons. The lowest BCUT2D eigenvalue weighted by molar-refractivity contribution is -0.152. The van der Waals surface area contributed by atoms with Crippen molar-refractivity contribution >= 4 is 20.9 Å². The summed E-state index contributed by atoms with van der Waals surface area (Å²) >= 11 is 0. The average molecular weight is 519 g/mol. The van der Waals surface area contributed by atoms with Gasteiger partial charge in [0.05, 0.1) is 10.8 Å². The number of benzene rings is 2.